The highest BCUT2D eigenvalue weighted by atomic mass is 35.5. The fourth-order valence-corrected chi connectivity index (χ4v) is 0. The number of hydrogen-bond donors (Lipinski definition) is 1. The van der Waals surface area contributed by atoms with Crippen molar-refractivity contribution in [2.45, 2.75) is 0 Å². The molecule has 0 radical (unpaired) electrons. The van der Waals surface area contributed by atoms with E-state index in [9.17, 15) is 0 Å². The van der Waals surface area contributed by atoms with Crippen molar-refractivity contribution in [3.63, 3.8) is 0 Å². The minimum absolute atomic E-state index is 0. The Morgan fingerprint density at radius 3 is 0.714 bits per heavy atom. The lowest BCUT2D eigenvalue weighted by atomic mass is 11.3. The summed E-state index contributed by atoms with van der Waals surface area (Å²) in [6.07, 6.45) is 0. The standard InChI is InChI=1S/C2H7N.4ClH/c1-3-2;;;;/h3H,1-2H3;4*1H. The van der Waals surface area contributed by atoms with Gasteiger partial charge in [-0.2, -0.15) is 0 Å². The van der Waals surface area contributed by atoms with Crippen molar-refractivity contribution in [1.82, 2.24) is 5.32 Å². The van der Waals surface area contributed by atoms with Gasteiger partial charge in [0.25, 0.3) is 0 Å². The zero-order valence-corrected chi connectivity index (χ0v) is 7.40. The van der Waals surface area contributed by atoms with E-state index in [-0.39, 0.29) is 49.6 Å². The van der Waals surface area contributed by atoms with E-state index in [2.05, 4.69) is 5.32 Å². The fourth-order valence-electron chi connectivity index (χ4n) is 0. The van der Waals surface area contributed by atoms with Crippen LogP contribution in [0.4, 0.5) is 0 Å². The third-order valence-electron chi connectivity index (χ3n) is 0. The molecule has 0 saturated heterocycles. The molecular weight excluding hydrogens is 180 g/mol. The molecule has 0 aromatic rings. The first-order valence-corrected chi connectivity index (χ1v) is 1.00. The Hall–Kier alpha value is 1.12. The third-order valence-corrected chi connectivity index (χ3v) is 0. The van der Waals surface area contributed by atoms with Crippen LogP contribution in [0.3, 0.4) is 0 Å². The molecule has 1 N–H and O–H groups in total. The van der Waals surface area contributed by atoms with Crippen LogP contribution in [0.5, 0.6) is 0 Å². The van der Waals surface area contributed by atoms with Crippen molar-refractivity contribution < 1.29 is 0 Å². The Morgan fingerprint density at radius 1 is 0.714 bits per heavy atom. The first kappa shape index (κ1) is 42.3. The average Bonchev–Trinajstić information content (AvgIpc) is 0.918. The lowest BCUT2D eigenvalue weighted by molar-refractivity contribution is 1.02. The van der Waals surface area contributed by atoms with Gasteiger partial charge in [0.05, 0.1) is 0 Å². The summed E-state index contributed by atoms with van der Waals surface area (Å²) < 4.78 is 0. The summed E-state index contributed by atoms with van der Waals surface area (Å²) in [6, 6.07) is 0. The van der Waals surface area contributed by atoms with E-state index in [1.54, 1.807) is 0 Å². The molecule has 0 unspecified atom stereocenters. The van der Waals surface area contributed by atoms with Gasteiger partial charge in [0.1, 0.15) is 0 Å². The molecule has 52 valence electrons. The smallest absolute Gasteiger partial charge is 0.0167 e. The Bertz CT molecular complexity index is 9.65. The number of hydrogen-bond acceptors (Lipinski definition) is 1. The quantitative estimate of drug-likeness (QED) is 0.611. The summed E-state index contributed by atoms with van der Waals surface area (Å²) >= 11 is 0. The monoisotopic (exact) mass is 189 g/mol. The second kappa shape index (κ2) is 59.3. The van der Waals surface area contributed by atoms with Crippen molar-refractivity contribution in [3.05, 3.63) is 0 Å². The highest BCUT2D eigenvalue weighted by Crippen LogP contribution is 0.981. The molecule has 0 aliphatic heterocycles. The lowest BCUT2D eigenvalue weighted by Crippen LogP contribution is -1.89. The highest BCUT2D eigenvalue weighted by Gasteiger charge is 1.25. The van der Waals surface area contributed by atoms with E-state index in [1.807, 2.05) is 14.1 Å². The molecule has 0 aliphatic rings. The van der Waals surface area contributed by atoms with Gasteiger partial charge in [0.2, 0.25) is 0 Å². The molecular formula is C2H11Cl4N. The molecule has 5 heteroatoms. The van der Waals surface area contributed by atoms with Crippen LogP contribution >= 0.6 is 49.6 Å². The van der Waals surface area contributed by atoms with Crippen LogP contribution < -0.4 is 5.32 Å². The van der Waals surface area contributed by atoms with E-state index < -0.39 is 0 Å². The van der Waals surface area contributed by atoms with Crippen molar-refractivity contribution in [2.75, 3.05) is 14.1 Å². The fraction of sp³-hybridized carbons (Fsp3) is 1.00. The van der Waals surface area contributed by atoms with Crippen LogP contribution in [0.2, 0.25) is 0 Å². The molecule has 0 aromatic heterocycles. The van der Waals surface area contributed by atoms with Crippen LogP contribution in [0, 0.1) is 0 Å². The van der Waals surface area contributed by atoms with Crippen LogP contribution in [0.1, 0.15) is 0 Å². The van der Waals surface area contributed by atoms with E-state index in [1.165, 1.54) is 0 Å². The van der Waals surface area contributed by atoms with Gasteiger partial charge in [-0.25, -0.2) is 0 Å². The largest absolute Gasteiger partial charge is 0.323 e. The Morgan fingerprint density at radius 2 is 0.714 bits per heavy atom. The van der Waals surface area contributed by atoms with Gasteiger partial charge in [-0.1, -0.05) is 0 Å². The topological polar surface area (TPSA) is 12.0 Å². The van der Waals surface area contributed by atoms with Gasteiger partial charge in [-0.05, 0) is 14.1 Å². The summed E-state index contributed by atoms with van der Waals surface area (Å²) in [7, 11) is 3.75. The molecule has 0 spiro atoms. The summed E-state index contributed by atoms with van der Waals surface area (Å²) in [5.74, 6) is 0. The normalized spacial score (nSPS) is 2.57. The first-order chi connectivity index (χ1) is 1.41. The maximum absolute atomic E-state index is 2.75. The van der Waals surface area contributed by atoms with Gasteiger partial charge >= 0.3 is 0 Å². The Kier molecular flexibility index (Phi) is 358. The summed E-state index contributed by atoms with van der Waals surface area (Å²) in [5, 5.41) is 2.75. The minimum atomic E-state index is 0. The molecule has 0 aliphatic carbocycles. The van der Waals surface area contributed by atoms with Crippen LogP contribution in [0.25, 0.3) is 0 Å². The predicted octanol–water partition coefficient (Wildman–Crippen LogP) is 1.52. The first-order valence-electron chi connectivity index (χ1n) is 1.00. The minimum Gasteiger partial charge on any atom is -0.323 e. The molecule has 0 bridgehead atoms. The van der Waals surface area contributed by atoms with Gasteiger partial charge in [0, 0.05) is 0 Å². The predicted molar refractivity (Wildman–Crippen MR) is 44.0 cm³/mol. The molecule has 0 aromatic carbocycles. The van der Waals surface area contributed by atoms with E-state index in [4.69, 9.17) is 0 Å². The Labute approximate surface area is 69.3 Å². The maximum Gasteiger partial charge on any atom is -0.0167 e. The molecule has 0 heterocycles. The molecule has 0 rings (SSSR count). The summed E-state index contributed by atoms with van der Waals surface area (Å²) in [5.41, 5.74) is 0. The molecule has 0 saturated carbocycles. The molecule has 7 heavy (non-hydrogen) atoms. The molecule has 0 atom stereocenters. The van der Waals surface area contributed by atoms with Crippen molar-refractivity contribution in [3.8, 4) is 0 Å². The average molecular weight is 191 g/mol. The van der Waals surface area contributed by atoms with Gasteiger partial charge in [0.15, 0.2) is 0 Å². The molecule has 0 amide bonds. The highest BCUT2D eigenvalue weighted by molar-refractivity contribution is 5.86. The third kappa shape index (κ3) is 149. The second-order valence-corrected chi connectivity index (χ2v) is 0.500. The number of rotatable bonds is 0. The molecule has 0 fully saturated rings. The van der Waals surface area contributed by atoms with Crippen LogP contribution in [-0.4, -0.2) is 14.1 Å². The zero-order valence-electron chi connectivity index (χ0n) is 4.13. The number of nitrogens with one attached hydrogen (secondary N) is 1. The van der Waals surface area contributed by atoms with Crippen molar-refractivity contribution in [2.24, 2.45) is 0 Å². The van der Waals surface area contributed by atoms with Crippen LogP contribution in [-0.2, 0) is 0 Å². The van der Waals surface area contributed by atoms with Crippen LogP contribution in [0.15, 0.2) is 0 Å². The van der Waals surface area contributed by atoms with Gasteiger partial charge in [-0.15, -0.1) is 49.6 Å². The summed E-state index contributed by atoms with van der Waals surface area (Å²) in [6.45, 7) is 0. The lowest BCUT2D eigenvalue weighted by Gasteiger charge is -1.59. The van der Waals surface area contributed by atoms with E-state index in [0.29, 0.717) is 0 Å². The van der Waals surface area contributed by atoms with Crippen molar-refractivity contribution >= 4 is 49.6 Å². The van der Waals surface area contributed by atoms with Gasteiger partial charge < -0.3 is 5.32 Å². The summed E-state index contributed by atoms with van der Waals surface area (Å²) in [4.78, 5) is 0. The van der Waals surface area contributed by atoms with E-state index in [0.717, 1.165) is 0 Å². The zero-order chi connectivity index (χ0) is 2.71. The van der Waals surface area contributed by atoms with E-state index >= 15 is 0 Å². The SMILES string of the molecule is CNC.Cl.Cl.Cl.Cl. The Balaban J connectivity index is -0.00000000333. The van der Waals surface area contributed by atoms with Crippen molar-refractivity contribution in [1.29, 1.82) is 0 Å². The molecule has 1 nitrogen and oxygen atoms in total. The number of halogens is 4. The second-order valence-electron chi connectivity index (χ2n) is 0.500. The maximum atomic E-state index is 2.75. The van der Waals surface area contributed by atoms with Gasteiger partial charge in [-0.3, -0.25) is 0 Å².